The summed E-state index contributed by atoms with van der Waals surface area (Å²) in [5, 5.41) is 2.72. The fraction of sp³-hybridized carbons (Fsp3) is 0.118. The number of benzene rings is 1. The third-order valence-electron chi connectivity index (χ3n) is 3.76. The van der Waals surface area contributed by atoms with Crippen molar-refractivity contribution >= 4 is 23.3 Å². The number of carbonyl (C=O) groups excluding carboxylic acids is 1. The van der Waals surface area contributed by atoms with Crippen molar-refractivity contribution in [3.63, 3.8) is 0 Å². The van der Waals surface area contributed by atoms with Crippen LogP contribution in [-0.2, 0) is 0 Å². The number of carbonyl (C=O) groups is 1. The number of anilines is 1. The lowest BCUT2D eigenvalue weighted by Crippen LogP contribution is -2.25. The minimum absolute atomic E-state index is 0.134. The number of hydrogen-bond donors (Lipinski definition) is 1. The fourth-order valence-corrected chi connectivity index (χ4v) is 2.73. The summed E-state index contributed by atoms with van der Waals surface area (Å²) in [5.74, 6) is -0.519. The van der Waals surface area contributed by atoms with Gasteiger partial charge >= 0.3 is 6.29 Å². The Morgan fingerprint density at radius 1 is 1.15 bits per heavy atom. The molecule has 0 bridgehead atoms. The zero-order chi connectivity index (χ0) is 19.2. The molecule has 0 radical (unpaired) electrons. The first-order valence-corrected chi connectivity index (χ1v) is 7.96. The van der Waals surface area contributed by atoms with E-state index in [2.05, 4.69) is 24.8 Å². The molecule has 0 fully saturated rings. The second-order valence-corrected chi connectivity index (χ2v) is 6.06. The van der Waals surface area contributed by atoms with Gasteiger partial charge in [-0.25, -0.2) is 4.98 Å². The first kappa shape index (κ1) is 17.2. The molecule has 3 aromatic rings. The van der Waals surface area contributed by atoms with E-state index in [1.807, 2.05) is 0 Å². The van der Waals surface area contributed by atoms with Gasteiger partial charge in [-0.3, -0.25) is 9.78 Å². The van der Waals surface area contributed by atoms with Gasteiger partial charge in [0, 0.05) is 11.6 Å². The van der Waals surface area contributed by atoms with Crippen molar-refractivity contribution in [2.24, 2.45) is 0 Å². The molecule has 1 aliphatic heterocycles. The Morgan fingerprint density at radius 3 is 2.52 bits per heavy atom. The number of aromatic nitrogens is 2. The molecule has 0 saturated heterocycles. The molecular formula is C17H10ClF2N3O4. The van der Waals surface area contributed by atoms with E-state index in [0.717, 1.165) is 0 Å². The maximum absolute atomic E-state index is 13.2. The van der Waals surface area contributed by atoms with E-state index >= 15 is 0 Å². The Balaban J connectivity index is 1.57. The summed E-state index contributed by atoms with van der Waals surface area (Å²) in [6.07, 6.45) is 1.70. The number of alkyl halides is 2. The largest absolute Gasteiger partial charge is 0.586 e. The Hall–Kier alpha value is -3.20. The molecule has 0 saturated carbocycles. The lowest BCUT2D eigenvalue weighted by atomic mass is 10.1. The number of rotatable bonds is 3. The summed E-state index contributed by atoms with van der Waals surface area (Å²) in [6, 6.07) is 2.50. The predicted octanol–water partition coefficient (Wildman–Crippen LogP) is 4.27. The van der Waals surface area contributed by atoms with Crippen molar-refractivity contribution in [2.75, 3.05) is 5.32 Å². The molecule has 4 rings (SSSR count). The quantitative estimate of drug-likeness (QED) is 0.715. The first-order chi connectivity index (χ1) is 12.8. The highest BCUT2D eigenvalue weighted by Gasteiger charge is 2.43. The van der Waals surface area contributed by atoms with Crippen molar-refractivity contribution in [1.82, 2.24) is 9.97 Å². The molecule has 0 unspecified atom stereocenters. The highest BCUT2D eigenvalue weighted by atomic mass is 35.5. The molecule has 1 aromatic carbocycles. The van der Waals surface area contributed by atoms with Gasteiger partial charge in [0.25, 0.3) is 5.91 Å². The summed E-state index contributed by atoms with van der Waals surface area (Å²) in [7, 11) is 0. The SMILES string of the molecule is Cc1cocc1C(=O)Nc1cnc(-c2cc3c(cc2Cl)OC(F)(F)O3)cn1. The summed E-state index contributed by atoms with van der Waals surface area (Å²) >= 11 is 6.12. The van der Waals surface area contributed by atoms with Crippen LogP contribution in [0.1, 0.15) is 15.9 Å². The number of furan rings is 1. The molecule has 0 aliphatic carbocycles. The second-order valence-electron chi connectivity index (χ2n) is 5.66. The molecule has 3 heterocycles. The van der Waals surface area contributed by atoms with Crippen LogP contribution in [0.3, 0.4) is 0 Å². The minimum atomic E-state index is -3.74. The number of aryl methyl sites for hydroxylation is 1. The molecule has 27 heavy (non-hydrogen) atoms. The van der Waals surface area contributed by atoms with Gasteiger partial charge < -0.3 is 19.2 Å². The van der Waals surface area contributed by atoms with Crippen LogP contribution in [0.5, 0.6) is 11.5 Å². The van der Waals surface area contributed by atoms with Gasteiger partial charge in [-0.1, -0.05) is 11.6 Å². The summed E-state index contributed by atoms with van der Waals surface area (Å²) in [5.41, 5.74) is 1.69. The van der Waals surface area contributed by atoms with E-state index in [1.165, 1.54) is 37.1 Å². The molecule has 138 valence electrons. The topological polar surface area (TPSA) is 86.5 Å². The first-order valence-electron chi connectivity index (χ1n) is 7.58. The van der Waals surface area contributed by atoms with E-state index in [0.29, 0.717) is 22.4 Å². The minimum Gasteiger partial charge on any atom is -0.471 e. The number of nitrogens with one attached hydrogen (secondary N) is 1. The molecule has 1 amide bonds. The monoisotopic (exact) mass is 393 g/mol. The highest BCUT2D eigenvalue weighted by molar-refractivity contribution is 6.33. The van der Waals surface area contributed by atoms with Gasteiger partial charge in [0.15, 0.2) is 17.3 Å². The van der Waals surface area contributed by atoms with Crippen LogP contribution in [0, 0.1) is 6.92 Å². The van der Waals surface area contributed by atoms with E-state index in [9.17, 15) is 13.6 Å². The number of hydrogen-bond acceptors (Lipinski definition) is 6. The van der Waals surface area contributed by atoms with Crippen LogP contribution < -0.4 is 14.8 Å². The van der Waals surface area contributed by atoms with Gasteiger partial charge in [0.05, 0.1) is 34.9 Å². The van der Waals surface area contributed by atoms with Gasteiger partial charge in [0.1, 0.15) is 6.26 Å². The third-order valence-corrected chi connectivity index (χ3v) is 4.07. The predicted molar refractivity (Wildman–Crippen MR) is 90.1 cm³/mol. The van der Waals surface area contributed by atoms with Gasteiger partial charge in [-0.2, -0.15) is 0 Å². The molecule has 1 aliphatic rings. The van der Waals surface area contributed by atoms with Crippen LogP contribution in [0.25, 0.3) is 11.3 Å². The average molecular weight is 394 g/mol. The normalized spacial score (nSPS) is 14.2. The number of fused-ring (bicyclic) bond motifs is 1. The zero-order valence-electron chi connectivity index (χ0n) is 13.6. The zero-order valence-corrected chi connectivity index (χ0v) is 14.4. The standard InChI is InChI=1S/C17H10ClF2N3O4/c1-8-6-25-7-10(8)16(24)23-15-5-21-12(4-22-15)9-2-13-14(3-11(9)18)27-17(19,20)26-13/h2-7H,1H3,(H,22,23,24). The highest BCUT2D eigenvalue weighted by Crippen LogP contribution is 2.45. The van der Waals surface area contributed by atoms with E-state index in [1.54, 1.807) is 6.92 Å². The molecule has 10 heteroatoms. The number of halogens is 3. The number of amides is 1. The number of nitrogens with zero attached hydrogens (tertiary/aromatic N) is 2. The Morgan fingerprint density at radius 2 is 1.89 bits per heavy atom. The molecular weight excluding hydrogens is 384 g/mol. The van der Waals surface area contributed by atoms with Gasteiger partial charge in [-0.15, -0.1) is 8.78 Å². The van der Waals surface area contributed by atoms with Crippen molar-refractivity contribution in [2.45, 2.75) is 13.2 Å². The smallest absolute Gasteiger partial charge is 0.471 e. The van der Waals surface area contributed by atoms with Crippen molar-refractivity contribution < 1.29 is 27.5 Å². The summed E-state index contributed by atoms with van der Waals surface area (Å²) in [4.78, 5) is 20.4. The molecule has 7 nitrogen and oxygen atoms in total. The second kappa shape index (κ2) is 6.20. The Labute approximate surface area is 155 Å². The molecule has 2 aromatic heterocycles. The lowest BCUT2D eigenvalue weighted by Gasteiger charge is -2.07. The van der Waals surface area contributed by atoms with Crippen molar-refractivity contribution in [3.8, 4) is 22.8 Å². The van der Waals surface area contributed by atoms with Crippen molar-refractivity contribution in [3.05, 3.63) is 53.2 Å². The fourth-order valence-electron chi connectivity index (χ4n) is 2.48. The van der Waals surface area contributed by atoms with E-state index in [-0.39, 0.29) is 22.3 Å². The van der Waals surface area contributed by atoms with E-state index in [4.69, 9.17) is 16.0 Å². The van der Waals surface area contributed by atoms with E-state index < -0.39 is 12.2 Å². The van der Waals surface area contributed by atoms with Crippen LogP contribution in [-0.4, -0.2) is 22.2 Å². The van der Waals surface area contributed by atoms with Crippen molar-refractivity contribution in [1.29, 1.82) is 0 Å². The molecule has 0 atom stereocenters. The van der Waals surface area contributed by atoms with Crippen LogP contribution in [0.2, 0.25) is 5.02 Å². The van der Waals surface area contributed by atoms with Crippen LogP contribution >= 0.6 is 11.6 Å². The maximum Gasteiger partial charge on any atom is 0.586 e. The Kier molecular flexibility index (Phi) is 3.96. The number of ether oxygens (including phenoxy) is 2. The van der Waals surface area contributed by atoms with Crippen LogP contribution in [0.4, 0.5) is 14.6 Å². The maximum atomic E-state index is 13.2. The lowest BCUT2D eigenvalue weighted by molar-refractivity contribution is -0.286. The molecule has 0 spiro atoms. The average Bonchev–Trinajstić information content (AvgIpc) is 3.16. The summed E-state index contributed by atoms with van der Waals surface area (Å²) in [6.45, 7) is 1.73. The van der Waals surface area contributed by atoms with Gasteiger partial charge in [0.2, 0.25) is 0 Å². The van der Waals surface area contributed by atoms with Crippen LogP contribution in [0.15, 0.2) is 41.5 Å². The summed E-state index contributed by atoms with van der Waals surface area (Å²) < 4.78 is 40.0. The Bertz CT molecular complexity index is 1040. The molecule has 1 N–H and O–H groups in total. The third kappa shape index (κ3) is 3.28. The van der Waals surface area contributed by atoms with Gasteiger partial charge in [-0.05, 0) is 18.6 Å².